The zero-order valence-corrected chi connectivity index (χ0v) is 13.7. The molecule has 1 N–H and O–H groups in total. The lowest BCUT2D eigenvalue weighted by molar-refractivity contribution is 0.102. The van der Waals surface area contributed by atoms with Crippen molar-refractivity contribution in [2.24, 2.45) is 0 Å². The van der Waals surface area contributed by atoms with Crippen LogP contribution in [-0.4, -0.2) is 25.1 Å². The predicted octanol–water partition coefficient (Wildman–Crippen LogP) is 3.77. The van der Waals surface area contributed by atoms with Crippen LogP contribution in [0.15, 0.2) is 34.9 Å². The highest BCUT2D eigenvalue weighted by Gasteiger charge is 2.19. The van der Waals surface area contributed by atoms with Gasteiger partial charge in [0.15, 0.2) is 5.15 Å². The number of halogens is 2. The molecule has 0 saturated carbocycles. The number of hydrogen-bond donors (Lipinski definition) is 1. The van der Waals surface area contributed by atoms with Crippen molar-refractivity contribution in [3.8, 4) is 11.5 Å². The molecule has 0 bridgehead atoms. The molecule has 0 spiro atoms. The number of carbonyl (C=O) groups excluding carboxylic acids is 1. The lowest BCUT2D eigenvalue weighted by atomic mass is 10.1. The van der Waals surface area contributed by atoms with Gasteiger partial charge < -0.3 is 14.8 Å². The predicted molar refractivity (Wildman–Crippen MR) is 84.4 cm³/mol. The van der Waals surface area contributed by atoms with Gasteiger partial charge in [0.1, 0.15) is 17.1 Å². The van der Waals surface area contributed by atoms with Crippen LogP contribution in [0.2, 0.25) is 5.15 Å². The van der Waals surface area contributed by atoms with Crippen molar-refractivity contribution in [3.05, 3.63) is 45.7 Å². The van der Waals surface area contributed by atoms with E-state index in [9.17, 15) is 4.79 Å². The fraction of sp³-hybridized carbons (Fsp3) is 0.143. The molecule has 0 aliphatic rings. The van der Waals surface area contributed by atoms with Crippen LogP contribution in [0.4, 0.5) is 5.69 Å². The van der Waals surface area contributed by atoms with E-state index in [1.165, 1.54) is 14.2 Å². The molecule has 1 amide bonds. The molecule has 5 nitrogen and oxygen atoms in total. The summed E-state index contributed by atoms with van der Waals surface area (Å²) in [4.78, 5) is 16.4. The van der Waals surface area contributed by atoms with E-state index in [1.807, 2.05) is 0 Å². The fourth-order valence-corrected chi connectivity index (χ4v) is 2.25. The molecule has 1 heterocycles. The highest BCUT2D eigenvalue weighted by Crippen LogP contribution is 2.30. The number of amides is 1. The first-order valence-corrected chi connectivity index (χ1v) is 7.07. The van der Waals surface area contributed by atoms with E-state index in [-0.39, 0.29) is 5.15 Å². The minimum atomic E-state index is -0.397. The van der Waals surface area contributed by atoms with Crippen molar-refractivity contribution < 1.29 is 14.3 Å². The summed E-state index contributed by atoms with van der Waals surface area (Å²) in [6, 6.07) is 6.76. The molecule has 0 saturated heterocycles. The van der Waals surface area contributed by atoms with Crippen molar-refractivity contribution in [3.63, 3.8) is 0 Å². The molecule has 1 aromatic heterocycles. The third kappa shape index (κ3) is 3.46. The van der Waals surface area contributed by atoms with Crippen LogP contribution in [-0.2, 0) is 0 Å². The number of benzene rings is 1. The van der Waals surface area contributed by atoms with Gasteiger partial charge in [-0.1, -0.05) is 17.7 Å². The number of hydrogen-bond acceptors (Lipinski definition) is 4. The number of nitrogens with zero attached hydrogens (tertiary/aromatic N) is 1. The van der Waals surface area contributed by atoms with Crippen molar-refractivity contribution >= 4 is 39.1 Å². The van der Waals surface area contributed by atoms with Crippen LogP contribution in [0.25, 0.3) is 0 Å². The topological polar surface area (TPSA) is 60.5 Å². The molecule has 1 aromatic carbocycles. The molecule has 2 rings (SSSR count). The van der Waals surface area contributed by atoms with Gasteiger partial charge in [-0.05, 0) is 34.1 Å². The number of methoxy groups -OCH3 is 2. The van der Waals surface area contributed by atoms with E-state index in [4.69, 9.17) is 21.1 Å². The molecule has 110 valence electrons. The van der Waals surface area contributed by atoms with Gasteiger partial charge in [0.25, 0.3) is 5.91 Å². The number of carbonyl (C=O) groups is 1. The van der Waals surface area contributed by atoms with E-state index in [0.29, 0.717) is 27.2 Å². The lowest BCUT2D eigenvalue weighted by Crippen LogP contribution is -2.15. The maximum absolute atomic E-state index is 12.5. The molecular weight excluding hydrogens is 360 g/mol. The zero-order chi connectivity index (χ0) is 15.4. The summed E-state index contributed by atoms with van der Waals surface area (Å²) in [7, 11) is 2.97. The van der Waals surface area contributed by atoms with Gasteiger partial charge in [0, 0.05) is 10.7 Å². The summed E-state index contributed by atoms with van der Waals surface area (Å²) in [5, 5.41) is 2.89. The Bertz CT molecular complexity index is 657. The van der Waals surface area contributed by atoms with Crippen LogP contribution in [0.5, 0.6) is 11.5 Å². The van der Waals surface area contributed by atoms with Gasteiger partial charge in [-0.15, -0.1) is 0 Å². The standard InChI is InChI=1S/C14H12BrClN2O3/c1-20-10-4-3-5-11(21-2)12(10)14(19)18-9-6-8(15)7-17-13(9)16/h3-7H,1-2H3,(H,18,19). The van der Waals surface area contributed by atoms with Gasteiger partial charge in [0.2, 0.25) is 0 Å². The third-order valence-electron chi connectivity index (χ3n) is 2.71. The summed E-state index contributed by atoms with van der Waals surface area (Å²) >= 11 is 9.24. The number of ether oxygens (including phenoxy) is 2. The Morgan fingerprint density at radius 3 is 2.48 bits per heavy atom. The SMILES string of the molecule is COc1cccc(OC)c1C(=O)Nc1cc(Br)cnc1Cl. The van der Waals surface area contributed by atoms with E-state index in [2.05, 4.69) is 26.2 Å². The number of nitrogens with one attached hydrogen (secondary N) is 1. The van der Waals surface area contributed by atoms with Crippen molar-refractivity contribution in [2.45, 2.75) is 0 Å². The molecule has 21 heavy (non-hydrogen) atoms. The summed E-state index contributed by atoms with van der Waals surface area (Å²) in [6.45, 7) is 0. The number of rotatable bonds is 4. The first-order valence-electron chi connectivity index (χ1n) is 5.90. The largest absolute Gasteiger partial charge is 0.496 e. The molecule has 0 unspecified atom stereocenters. The minimum Gasteiger partial charge on any atom is -0.496 e. The van der Waals surface area contributed by atoms with Gasteiger partial charge in [0.05, 0.1) is 19.9 Å². The van der Waals surface area contributed by atoms with Crippen molar-refractivity contribution in [1.82, 2.24) is 4.98 Å². The van der Waals surface area contributed by atoms with Crippen LogP contribution in [0, 0.1) is 0 Å². The van der Waals surface area contributed by atoms with Crippen LogP contribution >= 0.6 is 27.5 Å². The van der Waals surface area contributed by atoms with Crippen molar-refractivity contribution in [1.29, 1.82) is 0 Å². The number of anilines is 1. The normalized spacial score (nSPS) is 10.1. The highest BCUT2D eigenvalue weighted by atomic mass is 79.9. The molecular formula is C14H12BrClN2O3. The van der Waals surface area contributed by atoms with Gasteiger partial charge in [-0.25, -0.2) is 4.98 Å². The van der Waals surface area contributed by atoms with E-state index in [0.717, 1.165) is 0 Å². The monoisotopic (exact) mass is 370 g/mol. The molecule has 0 fully saturated rings. The Labute approximate surface area is 135 Å². The molecule has 0 radical (unpaired) electrons. The highest BCUT2D eigenvalue weighted by molar-refractivity contribution is 9.10. The van der Waals surface area contributed by atoms with Crippen LogP contribution < -0.4 is 14.8 Å². The van der Waals surface area contributed by atoms with E-state index >= 15 is 0 Å². The maximum Gasteiger partial charge on any atom is 0.263 e. The Morgan fingerprint density at radius 2 is 1.90 bits per heavy atom. The summed E-state index contributed by atoms with van der Waals surface area (Å²) in [5.74, 6) is 0.419. The zero-order valence-electron chi connectivity index (χ0n) is 11.3. The second-order valence-electron chi connectivity index (χ2n) is 3.98. The summed E-state index contributed by atoms with van der Waals surface area (Å²) < 4.78 is 11.1. The maximum atomic E-state index is 12.5. The van der Waals surface area contributed by atoms with E-state index in [1.54, 1.807) is 30.5 Å². The van der Waals surface area contributed by atoms with Crippen molar-refractivity contribution in [2.75, 3.05) is 19.5 Å². The second-order valence-corrected chi connectivity index (χ2v) is 5.26. The molecule has 0 atom stereocenters. The molecule has 7 heteroatoms. The summed E-state index contributed by atoms with van der Waals surface area (Å²) in [5.41, 5.74) is 0.683. The van der Waals surface area contributed by atoms with Gasteiger partial charge in [-0.2, -0.15) is 0 Å². The minimum absolute atomic E-state index is 0.195. The van der Waals surface area contributed by atoms with E-state index < -0.39 is 5.91 Å². The molecule has 2 aromatic rings. The molecule has 0 aliphatic heterocycles. The van der Waals surface area contributed by atoms with Crippen LogP contribution in [0.1, 0.15) is 10.4 Å². The first-order chi connectivity index (χ1) is 10.1. The molecule has 0 aliphatic carbocycles. The number of pyridine rings is 1. The Kier molecular flexibility index (Phi) is 5.03. The lowest BCUT2D eigenvalue weighted by Gasteiger charge is -2.13. The third-order valence-corrected chi connectivity index (χ3v) is 3.44. The Balaban J connectivity index is 2.38. The second kappa shape index (κ2) is 6.78. The quantitative estimate of drug-likeness (QED) is 0.831. The Morgan fingerprint density at radius 1 is 1.29 bits per heavy atom. The van der Waals surface area contributed by atoms with Crippen LogP contribution in [0.3, 0.4) is 0 Å². The fourth-order valence-electron chi connectivity index (χ4n) is 1.77. The average Bonchev–Trinajstić information content (AvgIpc) is 2.49. The average molecular weight is 372 g/mol. The first kappa shape index (κ1) is 15.6. The summed E-state index contributed by atoms with van der Waals surface area (Å²) in [6.07, 6.45) is 1.54. The smallest absolute Gasteiger partial charge is 0.263 e. The van der Waals surface area contributed by atoms with Gasteiger partial charge in [-0.3, -0.25) is 4.79 Å². The number of aromatic nitrogens is 1. The van der Waals surface area contributed by atoms with Gasteiger partial charge >= 0.3 is 0 Å². The Hall–Kier alpha value is -1.79.